The molecule has 0 fully saturated rings. The summed E-state index contributed by atoms with van der Waals surface area (Å²) in [6.45, 7) is 3.45. The number of hydrogen-bond acceptors (Lipinski definition) is 1. The largest absolute Gasteiger partial charge is 0.377 e. The van der Waals surface area contributed by atoms with Gasteiger partial charge in [0.2, 0.25) is 0 Å². The molecule has 0 N–H and O–H groups in total. The molecule has 1 aromatic carbocycles. The van der Waals surface area contributed by atoms with Gasteiger partial charge in [-0.2, -0.15) is 0 Å². The summed E-state index contributed by atoms with van der Waals surface area (Å²) in [7, 11) is 0. The fourth-order valence-corrected chi connectivity index (χ4v) is 1.32. The van der Waals surface area contributed by atoms with Crippen LogP contribution in [0.2, 0.25) is 5.02 Å². The van der Waals surface area contributed by atoms with Gasteiger partial charge in [-0.15, -0.1) is 0 Å². The van der Waals surface area contributed by atoms with Gasteiger partial charge < -0.3 is 4.74 Å². The summed E-state index contributed by atoms with van der Waals surface area (Å²) in [4.78, 5) is 0. The fourth-order valence-electron chi connectivity index (χ4n) is 1.20. The summed E-state index contributed by atoms with van der Waals surface area (Å²) in [5, 5.41) is 0.149. The van der Waals surface area contributed by atoms with Crippen LogP contribution in [-0.2, 0) is 4.74 Å². The Morgan fingerprint density at radius 1 is 1.44 bits per heavy atom. The highest BCUT2D eigenvalue weighted by atomic mass is 35.5. The number of halogens is 2. The molecule has 0 aliphatic carbocycles. The van der Waals surface area contributed by atoms with Gasteiger partial charge >= 0.3 is 0 Å². The Kier molecular flexibility index (Phi) is 6.12. The van der Waals surface area contributed by atoms with E-state index >= 15 is 0 Å². The van der Waals surface area contributed by atoms with Crippen LogP contribution in [0, 0.1) is 5.82 Å². The van der Waals surface area contributed by atoms with E-state index < -0.39 is 5.82 Å². The molecule has 0 spiro atoms. The van der Waals surface area contributed by atoms with Crippen molar-refractivity contribution in [2.24, 2.45) is 0 Å². The Morgan fingerprint density at radius 3 is 2.94 bits per heavy atom. The molecule has 0 aromatic heterocycles. The molecule has 0 unspecified atom stereocenters. The molecule has 0 radical (unpaired) electrons. The average Bonchev–Trinajstić information content (AvgIpc) is 2.28. The number of rotatable bonds is 6. The quantitative estimate of drug-likeness (QED) is 0.676. The van der Waals surface area contributed by atoms with Crippen molar-refractivity contribution < 1.29 is 9.13 Å². The first kappa shape index (κ1) is 13.2. The smallest absolute Gasteiger partial charge is 0.142 e. The molecule has 1 nitrogen and oxygen atoms in total. The third-order valence-electron chi connectivity index (χ3n) is 2.11. The minimum absolute atomic E-state index is 0.149. The number of ether oxygens (including phenoxy) is 1. The molecule has 0 aliphatic rings. The molecular weight excluding hydrogens is 227 g/mol. The van der Waals surface area contributed by atoms with Crippen LogP contribution in [0.15, 0.2) is 24.3 Å². The lowest BCUT2D eigenvalue weighted by atomic mass is 10.2. The van der Waals surface area contributed by atoms with Crippen molar-refractivity contribution >= 4 is 17.7 Å². The predicted molar refractivity (Wildman–Crippen MR) is 66.2 cm³/mol. The van der Waals surface area contributed by atoms with E-state index in [0.29, 0.717) is 6.61 Å². The van der Waals surface area contributed by atoms with Crippen LogP contribution in [0.5, 0.6) is 0 Å². The van der Waals surface area contributed by atoms with Crippen LogP contribution in [0.25, 0.3) is 6.08 Å². The molecule has 0 saturated heterocycles. The van der Waals surface area contributed by atoms with Crippen LogP contribution >= 0.6 is 11.6 Å². The summed E-state index contributed by atoms with van der Waals surface area (Å²) in [5.74, 6) is -0.393. The van der Waals surface area contributed by atoms with Gasteiger partial charge in [0, 0.05) is 6.61 Å². The van der Waals surface area contributed by atoms with E-state index in [1.807, 2.05) is 12.2 Å². The monoisotopic (exact) mass is 242 g/mol. The highest BCUT2D eigenvalue weighted by Crippen LogP contribution is 2.16. The normalized spacial score (nSPS) is 11.2. The predicted octanol–water partition coefficient (Wildman–Crippen LogP) is 4.31. The Bertz CT molecular complexity index is 350. The average molecular weight is 243 g/mol. The van der Waals surface area contributed by atoms with Gasteiger partial charge in [-0.1, -0.05) is 43.2 Å². The minimum Gasteiger partial charge on any atom is -0.377 e. The Balaban J connectivity index is 2.35. The molecule has 0 atom stereocenters. The van der Waals surface area contributed by atoms with Crippen molar-refractivity contribution in [3.8, 4) is 0 Å². The van der Waals surface area contributed by atoms with Crippen LogP contribution < -0.4 is 0 Å². The molecule has 16 heavy (non-hydrogen) atoms. The van der Waals surface area contributed by atoms with Gasteiger partial charge in [0.15, 0.2) is 0 Å². The zero-order chi connectivity index (χ0) is 11.8. The highest BCUT2D eigenvalue weighted by Gasteiger charge is 1.97. The maximum atomic E-state index is 13.1. The van der Waals surface area contributed by atoms with Crippen LogP contribution in [0.1, 0.15) is 25.3 Å². The van der Waals surface area contributed by atoms with Crippen molar-refractivity contribution in [3.63, 3.8) is 0 Å². The minimum atomic E-state index is -0.393. The molecule has 0 heterocycles. The third-order valence-corrected chi connectivity index (χ3v) is 2.42. The first-order valence-corrected chi connectivity index (χ1v) is 5.81. The van der Waals surface area contributed by atoms with E-state index in [1.54, 1.807) is 12.1 Å². The molecule has 0 aliphatic heterocycles. The summed E-state index contributed by atoms with van der Waals surface area (Å²) in [6, 6.07) is 4.73. The van der Waals surface area contributed by atoms with Gasteiger partial charge in [-0.25, -0.2) is 4.39 Å². The highest BCUT2D eigenvalue weighted by molar-refractivity contribution is 6.30. The van der Waals surface area contributed by atoms with Crippen molar-refractivity contribution in [1.82, 2.24) is 0 Å². The standard InChI is InChI=1S/C13H16ClFO/c1-2-3-8-16-9-4-5-11-6-7-12(14)13(15)10-11/h4-7,10H,2-3,8-9H2,1H3. The molecule has 0 amide bonds. The second kappa shape index (κ2) is 7.42. The molecule has 0 saturated carbocycles. The van der Waals surface area contributed by atoms with Crippen LogP contribution in [0.4, 0.5) is 4.39 Å². The molecular formula is C13H16ClFO. The lowest BCUT2D eigenvalue weighted by Crippen LogP contribution is -1.92. The lowest BCUT2D eigenvalue weighted by molar-refractivity contribution is 0.159. The van der Waals surface area contributed by atoms with E-state index in [2.05, 4.69) is 6.92 Å². The summed E-state index contributed by atoms with van der Waals surface area (Å²) >= 11 is 5.58. The maximum absolute atomic E-state index is 13.1. The summed E-state index contributed by atoms with van der Waals surface area (Å²) in [5.41, 5.74) is 0.793. The third kappa shape index (κ3) is 4.77. The Hall–Kier alpha value is -0.860. The Labute approximate surface area is 101 Å². The zero-order valence-corrected chi connectivity index (χ0v) is 10.1. The SMILES string of the molecule is CCCCOCC=Cc1ccc(Cl)c(F)c1. The fraction of sp³-hybridized carbons (Fsp3) is 0.385. The lowest BCUT2D eigenvalue weighted by Gasteiger charge is -1.99. The first-order chi connectivity index (χ1) is 7.74. The van der Waals surface area contributed by atoms with Crippen LogP contribution in [0.3, 0.4) is 0 Å². The van der Waals surface area contributed by atoms with Gasteiger partial charge in [-0.05, 0) is 24.1 Å². The van der Waals surface area contributed by atoms with Gasteiger partial charge in [0.25, 0.3) is 0 Å². The summed E-state index contributed by atoms with van der Waals surface area (Å²) in [6.07, 6.45) is 5.90. The summed E-state index contributed by atoms with van der Waals surface area (Å²) < 4.78 is 18.4. The first-order valence-electron chi connectivity index (χ1n) is 5.43. The van der Waals surface area contributed by atoms with Crippen LogP contribution in [-0.4, -0.2) is 13.2 Å². The van der Waals surface area contributed by atoms with Crippen molar-refractivity contribution in [2.45, 2.75) is 19.8 Å². The molecule has 88 valence electrons. The number of hydrogen-bond donors (Lipinski definition) is 0. The molecule has 1 aromatic rings. The Morgan fingerprint density at radius 2 is 2.25 bits per heavy atom. The van der Waals surface area contributed by atoms with E-state index in [4.69, 9.17) is 16.3 Å². The van der Waals surface area contributed by atoms with Crippen molar-refractivity contribution in [3.05, 3.63) is 40.7 Å². The van der Waals surface area contributed by atoms with E-state index in [0.717, 1.165) is 25.0 Å². The van der Waals surface area contributed by atoms with E-state index in [1.165, 1.54) is 6.07 Å². The second-order valence-electron chi connectivity index (χ2n) is 3.50. The van der Waals surface area contributed by atoms with E-state index in [9.17, 15) is 4.39 Å². The zero-order valence-electron chi connectivity index (χ0n) is 9.38. The second-order valence-corrected chi connectivity index (χ2v) is 3.91. The van der Waals surface area contributed by atoms with Gasteiger partial charge in [-0.3, -0.25) is 0 Å². The van der Waals surface area contributed by atoms with E-state index in [-0.39, 0.29) is 5.02 Å². The number of benzene rings is 1. The molecule has 0 bridgehead atoms. The van der Waals surface area contributed by atoms with Crippen molar-refractivity contribution in [1.29, 1.82) is 0 Å². The number of unbranched alkanes of at least 4 members (excludes halogenated alkanes) is 1. The molecule has 1 rings (SSSR count). The topological polar surface area (TPSA) is 9.23 Å². The van der Waals surface area contributed by atoms with Gasteiger partial charge in [0.1, 0.15) is 5.82 Å². The maximum Gasteiger partial charge on any atom is 0.142 e. The molecule has 3 heteroatoms. The van der Waals surface area contributed by atoms with Crippen molar-refractivity contribution in [2.75, 3.05) is 13.2 Å². The van der Waals surface area contributed by atoms with Gasteiger partial charge in [0.05, 0.1) is 11.6 Å².